The summed E-state index contributed by atoms with van der Waals surface area (Å²) in [5.41, 5.74) is 9.93. The Morgan fingerprint density at radius 3 is 1.95 bits per heavy atom. The third-order valence-corrected chi connectivity index (χ3v) is 12.3. The summed E-state index contributed by atoms with van der Waals surface area (Å²) in [5, 5.41) is 7.43. The standard InChI is InChI=1S/C51H37N3S/c1-5-12-44-38(6-2)40-25-24-37(28-45(40)51(44,3)4)49-52-48(53-50(54-49)42-18-11-16-32-13-9-10-17-39(32)42)33-21-19-31(20-22-33)36-23-26-41-43-27-34-14-7-8-15-35(34)29-47(43)55-46(41)30-36/h5-30H,2H2,1,3-4H3/b12-5-. The molecule has 262 valence electrons. The van der Waals surface area contributed by atoms with Gasteiger partial charge in [0.1, 0.15) is 0 Å². The largest absolute Gasteiger partial charge is 0.208 e. The minimum absolute atomic E-state index is 0.196. The van der Waals surface area contributed by atoms with Crippen LogP contribution < -0.4 is 0 Å². The topological polar surface area (TPSA) is 38.7 Å². The van der Waals surface area contributed by atoms with Crippen LogP contribution in [-0.2, 0) is 5.41 Å². The van der Waals surface area contributed by atoms with Crippen LogP contribution in [0.3, 0.4) is 0 Å². The lowest BCUT2D eigenvalue weighted by Gasteiger charge is -2.23. The number of fused-ring (bicyclic) bond motifs is 6. The van der Waals surface area contributed by atoms with Crippen LogP contribution >= 0.6 is 11.3 Å². The maximum Gasteiger partial charge on any atom is 0.164 e. The van der Waals surface area contributed by atoms with Gasteiger partial charge in [0.25, 0.3) is 0 Å². The van der Waals surface area contributed by atoms with Crippen molar-refractivity contribution in [1.29, 1.82) is 0 Å². The Morgan fingerprint density at radius 1 is 0.527 bits per heavy atom. The van der Waals surface area contributed by atoms with Gasteiger partial charge in [-0.2, -0.15) is 0 Å². The first kappa shape index (κ1) is 33.1. The van der Waals surface area contributed by atoms with Crippen LogP contribution in [0.15, 0.2) is 170 Å². The van der Waals surface area contributed by atoms with Crippen molar-refractivity contribution in [2.75, 3.05) is 0 Å². The molecule has 4 heteroatoms. The number of thiophene rings is 1. The Bertz CT molecular complexity index is 3080. The van der Waals surface area contributed by atoms with Gasteiger partial charge in [-0.1, -0.05) is 154 Å². The quantitative estimate of drug-likeness (QED) is 0.171. The van der Waals surface area contributed by atoms with Crippen molar-refractivity contribution in [1.82, 2.24) is 15.0 Å². The molecule has 0 aliphatic heterocycles. The van der Waals surface area contributed by atoms with Gasteiger partial charge in [0.2, 0.25) is 0 Å². The summed E-state index contributed by atoms with van der Waals surface area (Å²) in [6.07, 6.45) is 6.30. The van der Waals surface area contributed by atoms with Crippen LogP contribution in [0.5, 0.6) is 0 Å². The van der Waals surface area contributed by atoms with Gasteiger partial charge in [-0.05, 0) is 86.1 Å². The summed E-state index contributed by atoms with van der Waals surface area (Å²) in [6, 6.07) is 50.0. The lowest BCUT2D eigenvalue weighted by Crippen LogP contribution is -2.16. The predicted octanol–water partition coefficient (Wildman–Crippen LogP) is 14.0. The van der Waals surface area contributed by atoms with Crippen molar-refractivity contribution in [3.8, 4) is 45.3 Å². The number of allylic oxidation sites excluding steroid dienone is 5. The molecule has 0 atom stereocenters. The van der Waals surface area contributed by atoms with Gasteiger partial charge in [0, 0.05) is 42.3 Å². The van der Waals surface area contributed by atoms with Crippen molar-refractivity contribution < 1.29 is 0 Å². The Morgan fingerprint density at radius 2 is 1.16 bits per heavy atom. The molecular formula is C51H37N3S. The van der Waals surface area contributed by atoms with E-state index >= 15 is 0 Å². The zero-order chi connectivity index (χ0) is 37.3. The minimum atomic E-state index is -0.196. The van der Waals surface area contributed by atoms with Crippen LogP contribution in [0.4, 0.5) is 0 Å². The number of hydrogen-bond donors (Lipinski definition) is 0. The molecule has 0 N–H and O–H groups in total. The van der Waals surface area contributed by atoms with Gasteiger partial charge in [-0.3, -0.25) is 0 Å². The Hall–Kier alpha value is -6.49. The smallest absolute Gasteiger partial charge is 0.164 e. The van der Waals surface area contributed by atoms with Crippen LogP contribution in [0.1, 0.15) is 31.9 Å². The van der Waals surface area contributed by atoms with E-state index < -0.39 is 0 Å². The normalized spacial score (nSPS) is 13.8. The predicted molar refractivity (Wildman–Crippen MR) is 234 cm³/mol. The molecular weight excluding hydrogens is 687 g/mol. The maximum atomic E-state index is 5.18. The average Bonchev–Trinajstić information content (AvgIpc) is 3.69. The molecule has 7 aromatic carbocycles. The average molecular weight is 724 g/mol. The SMILES string of the molecule is C=CC1=C(/C=C\C)C(C)(C)c2cc(-c3nc(-c4ccc(-c5ccc6c(c5)sc5cc7ccccc7cc56)cc4)nc(-c4cccc5ccccc45)n3)ccc21. The van der Waals surface area contributed by atoms with Gasteiger partial charge in [-0.15, -0.1) is 11.3 Å². The van der Waals surface area contributed by atoms with Crippen molar-refractivity contribution in [3.05, 3.63) is 181 Å². The second-order valence-electron chi connectivity index (χ2n) is 14.8. The lowest BCUT2D eigenvalue weighted by atomic mass is 9.80. The second kappa shape index (κ2) is 12.8. The summed E-state index contributed by atoms with van der Waals surface area (Å²) in [6.45, 7) is 10.8. The molecule has 55 heavy (non-hydrogen) atoms. The van der Waals surface area contributed by atoms with Gasteiger partial charge >= 0.3 is 0 Å². The molecule has 0 saturated carbocycles. The third-order valence-electron chi connectivity index (χ3n) is 11.2. The summed E-state index contributed by atoms with van der Waals surface area (Å²) in [7, 11) is 0. The molecule has 1 aliphatic carbocycles. The molecule has 1 aliphatic rings. The highest BCUT2D eigenvalue weighted by Crippen LogP contribution is 2.48. The maximum absolute atomic E-state index is 5.18. The van der Waals surface area contributed by atoms with E-state index in [1.165, 1.54) is 58.8 Å². The molecule has 10 rings (SSSR count). The highest BCUT2D eigenvalue weighted by molar-refractivity contribution is 7.25. The molecule has 0 saturated heterocycles. The van der Waals surface area contributed by atoms with E-state index in [9.17, 15) is 0 Å². The van der Waals surface area contributed by atoms with Crippen LogP contribution in [0.25, 0.3) is 92.6 Å². The lowest BCUT2D eigenvalue weighted by molar-refractivity contribution is 0.654. The van der Waals surface area contributed by atoms with E-state index in [1.807, 2.05) is 17.4 Å². The van der Waals surface area contributed by atoms with Crippen molar-refractivity contribution in [3.63, 3.8) is 0 Å². The van der Waals surface area contributed by atoms with Crippen LogP contribution in [0.2, 0.25) is 0 Å². The van der Waals surface area contributed by atoms with Gasteiger partial charge < -0.3 is 0 Å². The van der Waals surface area contributed by atoms with E-state index in [-0.39, 0.29) is 5.41 Å². The van der Waals surface area contributed by atoms with Crippen LogP contribution in [0, 0.1) is 0 Å². The number of aromatic nitrogens is 3. The van der Waals surface area contributed by atoms with Crippen molar-refractivity contribution in [2.45, 2.75) is 26.2 Å². The minimum Gasteiger partial charge on any atom is -0.208 e. The van der Waals surface area contributed by atoms with Gasteiger partial charge in [0.15, 0.2) is 17.5 Å². The number of hydrogen-bond acceptors (Lipinski definition) is 4. The van der Waals surface area contributed by atoms with E-state index in [0.717, 1.165) is 33.0 Å². The van der Waals surface area contributed by atoms with E-state index in [0.29, 0.717) is 17.5 Å². The van der Waals surface area contributed by atoms with E-state index in [2.05, 4.69) is 179 Å². The molecule has 0 fully saturated rings. The highest BCUT2D eigenvalue weighted by atomic mass is 32.1. The first-order chi connectivity index (χ1) is 26.9. The van der Waals surface area contributed by atoms with Crippen LogP contribution in [-0.4, -0.2) is 15.0 Å². The van der Waals surface area contributed by atoms with Gasteiger partial charge in [0.05, 0.1) is 0 Å². The van der Waals surface area contributed by atoms with Crippen molar-refractivity contribution in [2.24, 2.45) is 0 Å². The highest BCUT2D eigenvalue weighted by Gasteiger charge is 2.35. The number of benzene rings is 7. The summed E-state index contributed by atoms with van der Waals surface area (Å²) in [5.74, 6) is 1.95. The number of rotatable bonds is 6. The fourth-order valence-electron chi connectivity index (χ4n) is 8.38. The van der Waals surface area contributed by atoms with Gasteiger partial charge in [-0.25, -0.2) is 15.0 Å². The second-order valence-corrected chi connectivity index (χ2v) is 15.9. The first-order valence-electron chi connectivity index (χ1n) is 18.7. The molecule has 2 aromatic heterocycles. The molecule has 2 heterocycles. The first-order valence-corrected chi connectivity index (χ1v) is 19.6. The molecule has 0 unspecified atom stereocenters. The molecule has 9 aromatic rings. The number of nitrogens with zero attached hydrogens (tertiary/aromatic N) is 3. The molecule has 0 radical (unpaired) electrons. The molecule has 3 nitrogen and oxygen atoms in total. The molecule has 0 bridgehead atoms. The monoisotopic (exact) mass is 723 g/mol. The Labute approximate surface area is 324 Å². The Balaban J connectivity index is 1.07. The fraction of sp³-hybridized carbons (Fsp3) is 0.0784. The van der Waals surface area contributed by atoms with E-state index in [4.69, 9.17) is 15.0 Å². The summed E-state index contributed by atoms with van der Waals surface area (Å²) in [4.78, 5) is 15.5. The molecule has 0 spiro atoms. The third kappa shape index (κ3) is 5.44. The zero-order valence-corrected chi connectivity index (χ0v) is 31.8. The summed E-state index contributed by atoms with van der Waals surface area (Å²) >= 11 is 1.86. The van der Waals surface area contributed by atoms with E-state index in [1.54, 1.807) is 0 Å². The zero-order valence-electron chi connectivity index (χ0n) is 31.0. The van der Waals surface area contributed by atoms with Crippen molar-refractivity contribution >= 4 is 58.6 Å². The summed E-state index contributed by atoms with van der Waals surface area (Å²) < 4.78 is 2.61. The Kier molecular flexibility index (Phi) is 7.72. The fourth-order valence-corrected chi connectivity index (χ4v) is 9.55. The molecule has 0 amide bonds.